The molecule has 29 heavy (non-hydrogen) atoms. The summed E-state index contributed by atoms with van der Waals surface area (Å²) < 4.78 is 5.67. The molecule has 0 heterocycles. The monoisotopic (exact) mass is 409 g/mol. The van der Waals surface area contributed by atoms with E-state index < -0.39 is 0 Å². The second-order valence-electron chi connectivity index (χ2n) is 7.24. The molecule has 0 radical (unpaired) electrons. The number of halogens is 1. The second kappa shape index (κ2) is 10.8. The van der Waals surface area contributed by atoms with Gasteiger partial charge in [-0.2, -0.15) is 0 Å². The van der Waals surface area contributed by atoms with Crippen molar-refractivity contribution in [3.05, 3.63) is 84.4 Å². The van der Waals surface area contributed by atoms with Crippen LogP contribution in [0.15, 0.2) is 78.9 Å². The van der Waals surface area contributed by atoms with E-state index in [0.29, 0.717) is 12.6 Å². The van der Waals surface area contributed by atoms with Crippen LogP contribution in [0.5, 0.6) is 0 Å². The summed E-state index contributed by atoms with van der Waals surface area (Å²) in [6, 6.07) is 27.3. The highest BCUT2D eigenvalue weighted by molar-refractivity contribution is 5.85. The first-order valence-electron chi connectivity index (χ1n) is 9.69. The van der Waals surface area contributed by atoms with E-state index in [4.69, 9.17) is 4.74 Å². The summed E-state index contributed by atoms with van der Waals surface area (Å²) >= 11 is 0. The van der Waals surface area contributed by atoms with E-state index in [2.05, 4.69) is 61.6 Å². The van der Waals surface area contributed by atoms with Crippen LogP contribution >= 0.6 is 12.4 Å². The second-order valence-corrected chi connectivity index (χ2v) is 7.24. The van der Waals surface area contributed by atoms with Crippen LogP contribution in [0.25, 0.3) is 22.3 Å². The summed E-state index contributed by atoms with van der Waals surface area (Å²) in [4.78, 5) is 11.7. The van der Waals surface area contributed by atoms with Gasteiger partial charge in [-0.05, 0) is 46.0 Å². The Morgan fingerprint density at radius 2 is 1.31 bits per heavy atom. The van der Waals surface area contributed by atoms with Crippen LogP contribution in [-0.2, 0) is 9.53 Å². The molecule has 0 saturated heterocycles. The Bertz CT molecular complexity index is 853. The van der Waals surface area contributed by atoms with Crippen LogP contribution in [0.4, 0.5) is 0 Å². The molecule has 0 bridgehead atoms. The Kier molecular flexibility index (Phi) is 8.44. The Morgan fingerprint density at radius 1 is 0.828 bits per heavy atom. The zero-order valence-corrected chi connectivity index (χ0v) is 17.9. The Hall–Kier alpha value is -2.62. The van der Waals surface area contributed by atoms with Crippen molar-refractivity contribution in [1.29, 1.82) is 0 Å². The molecule has 0 aliphatic carbocycles. The van der Waals surface area contributed by atoms with E-state index >= 15 is 0 Å². The minimum Gasteiger partial charge on any atom is -0.456 e. The van der Waals surface area contributed by atoms with E-state index in [1.807, 2.05) is 36.4 Å². The minimum absolute atomic E-state index is 0. The van der Waals surface area contributed by atoms with E-state index in [1.165, 1.54) is 6.92 Å². The number of benzene rings is 3. The molecule has 3 aromatic rings. The number of carbonyl (C=O) groups excluding carboxylic acids is 1. The van der Waals surface area contributed by atoms with Crippen molar-refractivity contribution < 1.29 is 9.53 Å². The highest BCUT2D eigenvalue weighted by Gasteiger charge is 2.18. The van der Waals surface area contributed by atoms with Crippen LogP contribution in [-0.4, -0.2) is 18.6 Å². The van der Waals surface area contributed by atoms with Crippen molar-refractivity contribution >= 4 is 18.4 Å². The predicted molar refractivity (Wildman–Crippen MR) is 122 cm³/mol. The van der Waals surface area contributed by atoms with Gasteiger partial charge in [0, 0.05) is 19.5 Å². The van der Waals surface area contributed by atoms with Gasteiger partial charge in [0.15, 0.2) is 0 Å². The zero-order valence-electron chi connectivity index (χ0n) is 17.1. The smallest absolute Gasteiger partial charge is 0.303 e. The lowest BCUT2D eigenvalue weighted by Crippen LogP contribution is -2.30. The summed E-state index contributed by atoms with van der Waals surface area (Å²) in [6.07, 6.45) is -0.342. The van der Waals surface area contributed by atoms with Gasteiger partial charge in [-0.1, -0.05) is 74.5 Å². The van der Waals surface area contributed by atoms with Crippen molar-refractivity contribution in [2.45, 2.75) is 32.9 Å². The number of hydrogen-bond acceptors (Lipinski definition) is 3. The summed E-state index contributed by atoms with van der Waals surface area (Å²) in [5.74, 6) is -0.276. The average molecular weight is 410 g/mol. The van der Waals surface area contributed by atoms with E-state index in [-0.39, 0.29) is 24.5 Å². The Balaban J connectivity index is 0.00000300. The first-order chi connectivity index (χ1) is 13.5. The standard InChI is InChI=1S/C25H27NO2.ClH/c1-18(2)26-17-25(28-19(3)27)24-15-22(20-10-6-4-7-11-20)14-23(16-24)21-12-8-5-9-13-21;/h4-16,18,25-26H,17H2,1-3H3;1H. The molecule has 1 unspecified atom stereocenters. The summed E-state index contributed by atoms with van der Waals surface area (Å²) in [6.45, 7) is 6.20. The maximum atomic E-state index is 11.7. The number of nitrogens with one attached hydrogen (secondary N) is 1. The molecule has 0 amide bonds. The minimum atomic E-state index is -0.342. The lowest BCUT2D eigenvalue weighted by atomic mass is 9.94. The fraction of sp³-hybridized carbons (Fsp3) is 0.240. The number of ether oxygens (including phenoxy) is 1. The molecule has 0 aliphatic rings. The van der Waals surface area contributed by atoms with Crippen LogP contribution in [0.2, 0.25) is 0 Å². The van der Waals surface area contributed by atoms with E-state index in [0.717, 1.165) is 27.8 Å². The lowest BCUT2D eigenvalue weighted by molar-refractivity contribution is -0.146. The molecule has 0 fully saturated rings. The molecular formula is C25H28ClNO2. The Labute approximate surface area is 179 Å². The van der Waals surface area contributed by atoms with Crippen LogP contribution in [0.1, 0.15) is 32.4 Å². The first kappa shape index (κ1) is 22.7. The van der Waals surface area contributed by atoms with Gasteiger partial charge in [0.2, 0.25) is 0 Å². The molecule has 3 rings (SSSR count). The third-order valence-corrected chi connectivity index (χ3v) is 4.56. The quantitative estimate of drug-likeness (QED) is 0.483. The maximum absolute atomic E-state index is 11.7. The fourth-order valence-corrected chi connectivity index (χ4v) is 3.20. The lowest BCUT2D eigenvalue weighted by Gasteiger charge is -2.21. The fourth-order valence-electron chi connectivity index (χ4n) is 3.20. The van der Waals surface area contributed by atoms with Crippen molar-refractivity contribution in [2.75, 3.05) is 6.54 Å². The van der Waals surface area contributed by atoms with Crippen LogP contribution < -0.4 is 5.32 Å². The maximum Gasteiger partial charge on any atom is 0.303 e. The predicted octanol–water partition coefficient (Wildman–Crippen LogP) is 6.04. The van der Waals surface area contributed by atoms with Gasteiger partial charge in [-0.3, -0.25) is 4.79 Å². The molecule has 0 aromatic heterocycles. The van der Waals surface area contributed by atoms with Gasteiger partial charge in [-0.25, -0.2) is 0 Å². The molecule has 152 valence electrons. The molecule has 1 N–H and O–H groups in total. The largest absolute Gasteiger partial charge is 0.456 e. The van der Waals surface area contributed by atoms with Crippen LogP contribution in [0.3, 0.4) is 0 Å². The van der Waals surface area contributed by atoms with Gasteiger partial charge >= 0.3 is 5.97 Å². The number of rotatable bonds is 7. The van der Waals surface area contributed by atoms with Gasteiger partial charge in [-0.15, -0.1) is 12.4 Å². The molecule has 4 heteroatoms. The summed E-state index contributed by atoms with van der Waals surface area (Å²) in [7, 11) is 0. The van der Waals surface area contributed by atoms with Gasteiger partial charge in [0.25, 0.3) is 0 Å². The molecule has 3 aromatic carbocycles. The molecule has 3 nitrogen and oxygen atoms in total. The molecule has 0 spiro atoms. The number of carbonyl (C=O) groups is 1. The molecule has 0 saturated carbocycles. The van der Waals surface area contributed by atoms with Crippen molar-refractivity contribution in [2.24, 2.45) is 0 Å². The van der Waals surface area contributed by atoms with Gasteiger partial charge in [0.05, 0.1) is 0 Å². The van der Waals surface area contributed by atoms with Crippen molar-refractivity contribution in [3.8, 4) is 22.3 Å². The van der Waals surface area contributed by atoms with Gasteiger partial charge < -0.3 is 10.1 Å². The highest BCUT2D eigenvalue weighted by Crippen LogP contribution is 2.31. The molecular weight excluding hydrogens is 382 g/mol. The van der Waals surface area contributed by atoms with Gasteiger partial charge in [0.1, 0.15) is 6.10 Å². The third kappa shape index (κ3) is 6.45. The average Bonchev–Trinajstić information content (AvgIpc) is 2.71. The van der Waals surface area contributed by atoms with E-state index in [9.17, 15) is 4.79 Å². The number of esters is 1. The summed E-state index contributed by atoms with van der Waals surface area (Å²) in [5.41, 5.74) is 5.49. The van der Waals surface area contributed by atoms with E-state index in [1.54, 1.807) is 0 Å². The first-order valence-corrected chi connectivity index (χ1v) is 9.69. The SMILES string of the molecule is CC(=O)OC(CNC(C)C)c1cc(-c2ccccc2)cc(-c2ccccc2)c1.Cl. The Morgan fingerprint density at radius 3 is 1.72 bits per heavy atom. The van der Waals surface area contributed by atoms with Crippen molar-refractivity contribution in [3.63, 3.8) is 0 Å². The summed E-state index contributed by atoms with van der Waals surface area (Å²) in [5, 5.41) is 3.39. The van der Waals surface area contributed by atoms with Crippen molar-refractivity contribution in [1.82, 2.24) is 5.32 Å². The highest BCUT2D eigenvalue weighted by atomic mass is 35.5. The topological polar surface area (TPSA) is 38.3 Å². The molecule has 0 aliphatic heterocycles. The number of hydrogen-bond donors (Lipinski definition) is 1. The molecule has 1 atom stereocenters. The normalized spacial score (nSPS) is 11.6. The zero-order chi connectivity index (χ0) is 19.9. The third-order valence-electron chi connectivity index (χ3n) is 4.56. The van der Waals surface area contributed by atoms with Crippen LogP contribution in [0, 0.1) is 0 Å².